The molecule has 0 aliphatic carbocycles. The van der Waals surface area contributed by atoms with E-state index in [1.807, 2.05) is 0 Å². The lowest BCUT2D eigenvalue weighted by Crippen LogP contribution is -2.08. The SMILES string of the molecule is OC(c1cccc(Cl)c1Cl)C(F)F. The Labute approximate surface area is 83.9 Å². The Morgan fingerprint density at radius 1 is 1.23 bits per heavy atom. The highest BCUT2D eigenvalue weighted by Crippen LogP contribution is 2.32. The van der Waals surface area contributed by atoms with E-state index in [9.17, 15) is 8.78 Å². The first-order valence-electron chi connectivity index (χ1n) is 3.44. The first kappa shape index (κ1) is 10.7. The average Bonchev–Trinajstić information content (AvgIpc) is 2.08. The van der Waals surface area contributed by atoms with E-state index in [1.54, 1.807) is 0 Å². The van der Waals surface area contributed by atoms with Gasteiger partial charge in [-0.05, 0) is 6.07 Å². The number of hydrogen-bond acceptors (Lipinski definition) is 1. The van der Waals surface area contributed by atoms with Gasteiger partial charge in [0.15, 0.2) is 0 Å². The zero-order chi connectivity index (χ0) is 10.0. The van der Waals surface area contributed by atoms with Crippen molar-refractivity contribution in [3.8, 4) is 0 Å². The van der Waals surface area contributed by atoms with Gasteiger partial charge in [0, 0.05) is 5.56 Å². The van der Waals surface area contributed by atoms with Crippen molar-refractivity contribution in [2.45, 2.75) is 12.5 Å². The molecular formula is C8H6Cl2F2O. The highest BCUT2D eigenvalue weighted by molar-refractivity contribution is 6.42. The zero-order valence-corrected chi connectivity index (χ0v) is 7.86. The summed E-state index contributed by atoms with van der Waals surface area (Å²) in [5.41, 5.74) is -0.0517. The van der Waals surface area contributed by atoms with Crippen LogP contribution in [-0.4, -0.2) is 11.5 Å². The van der Waals surface area contributed by atoms with Crippen molar-refractivity contribution in [3.05, 3.63) is 33.8 Å². The third kappa shape index (κ3) is 2.30. The predicted octanol–water partition coefficient (Wildman–Crippen LogP) is 3.29. The van der Waals surface area contributed by atoms with Gasteiger partial charge in [-0.3, -0.25) is 0 Å². The first-order valence-corrected chi connectivity index (χ1v) is 4.19. The minimum atomic E-state index is -2.86. The molecule has 0 bridgehead atoms. The average molecular weight is 227 g/mol. The molecule has 0 aliphatic rings. The molecule has 1 N–H and O–H groups in total. The van der Waals surface area contributed by atoms with Gasteiger partial charge in [0.05, 0.1) is 10.0 Å². The Kier molecular flexibility index (Phi) is 3.47. The molecular weight excluding hydrogens is 221 g/mol. The number of hydrogen-bond donors (Lipinski definition) is 1. The van der Waals surface area contributed by atoms with E-state index >= 15 is 0 Å². The molecule has 0 aliphatic heterocycles. The van der Waals surface area contributed by atoms with Gasteiger partial charge in [0.25, 0.3) is 6.43 Å². The molecule has 0 saturated carbocycles. The largest absolute Gasteiger partial charge is 0.382 e. The second kappa shape index (κ2) is 4.22. The first-order chi connectivity index (χ1) is 6.04. The summed E-state index contributed by atoms with van der Waals surface area (Å²) >= 11 is 11.2. The van der Waals surface area contributed by atoms with Gasteiger partial charge in [0.1, 0.15) is 6.10 Å². The Morgan fingerprint density at radius 3 is 2.38 bits per heavy atom. The Hall–Kier alpha value is -0.380. The third-order valence-corrected chi connectivity index (χ3v) is 2.37. The van der Waals surface area contributed by atoms with Crippen molar-refractivity contribution in [1.82, 2.24) is 0 Å². The molecule has 0 aromatic heterocycles. The highest BCUT2D eigenvalue weighted by atomic mass is 35.5. The van der Waals surface area contributed by atoms with Crippen LogP contribution >= 0.6 is 23.2 Å². The van der Waals surface area contributed by atoms with Crippen molar-refractivity contribution >= 4 is 23.2 Å². The van der Waals surface area contributed by atoms with Crippen LogP contribution in [0.4, 0.5) is 8.78 Å². The summed E-state index contributed by atoms with van der Waals surface area (Å²) in [4.78, 5) is 0. The molecule has 1 nitrogen and oxygen atoms in total. The number of aliphatic hydroxyl groups is 1. The smallest absolute Gasteiger partial charge is 0.268 e. The molecule has 1 atom stereocenters. The minimum Gasteiger partial charge on any atom is -0.382 e. The molecule has 0 fully saturated rings. The summed E-state index contributed by atoms with van der Waals surface area (Å²) in [6, 6.07) is 4.23. The normalized spacial score (nSPS) is 13.4. The maximum absolute atomic E-state index is 12.1. The summed E-state index contributed by atoms with van der Waals surface area (Å²) < 4.78 is 24.1. The van der Waals surface area contributed by atoms with Crippen LogP contribution in [0.25, 0.3) is 0 Å². The van der Waals surface area contributed by atoms with Gasteiger partial charge >= 0.3 is 0 Å². The van der Waals surface area contributed by atoms with E-state index in [0.29, 0.717) is 0 Å². The molecule has 1 unspecified atom stereocenters. The standard InChI is InChI=1S/C8H6Cl2F2O/c9-5-3-1-2-4(6(5)10)7(13)8(11)12/h1-3,7-8,13H. The summed E-state index contributed by atoms with van der Waals surface area (Å²) in [5.74, 6) is 0. The predicted molar refractivity (Wildman–Crippen MR) is 47.4 cm³/mol. The van der Waals surface area contributed by atoms with Gasteiger partial charge in [0.2, 0.25) is 0 Å². The van der Waals surface area contributed by atoms with Gasteiger partial charge in [-0.2, -0.15) is 0 Å². The second-order valence-electron chi connectivity index (χ2n) is 2.42. The fourth-order valence-corrected chi connectivity index (χ4v) is 1.30. The molecule has 72 valence electrons. The Bertz CT molecular complexity index is 304. The molecule has 0 spiro atoms. The highest BCUT2D eigenvalue weighted by Gasteiger charge is 2.22. The van der Waals surface area contributed by atoms with Gasteiger partial charge in [-0.25, -0.2) is 8.78 Å². The maximum Gasteiger partial charge on any atom is 0.268 e. The van der Waals surface area contributed by atoms with E-state index in [-0.39, 0.29) is 15.6 Å². The summed E-state index contributed by atoms with van der Waals surface area (Å²) in [6.45, 7) is 0. The van der Waals surface area contributed by atoms with Crippen molar-refractivity contribution in [3.63, 3.8) is 0 Å². The van der Waals surface area contributed by atoms with Crippen LogP contribution in [0.15, 0.2) is 18.2 Å². The lowest BCUT2D eigenvalue weighted by Gasteiger charge is -2.11. The topological polar surface area (TPSA) is 20.2 Å². The van der Waals surface area contributed by atoms with Crippen LogP contribution in [0.5, 0.6) is 0 Å². The van der Waals surface area contributed by atoms with E-state index in [0.717, 1.165) is 0 Å². The second-order valence-corrected chi connectivity index (χ2v) is 3.21. The lowest BCUT2D eigenvalue weighted by molar-refractivity contribution is -0.00571. The van der Waals surface area contributed by atoms with Crippen molar-refractivity contribution in [2.75, 3.05) is 0 Å². The fraction of sp³-hybridized carbons (Fsp3) is 0.250. The zero-order valence-electron chi connectivity index (χ0n) is 6.35. The number of alkyl halides is 2. The lowest BCUT2D eigenvalue weighted by atomic mass is 10.1. The Morgan fingerprint density at radius 2 is 1.85 bits per heavy atom. The number of halogens is 4. The van der Waals surface area contributed by atoms with Crippen LogP contribution in [0.3, 0.4) is 0 Å². The van der Waals surface area contributed by atoms with Crippen molar-refractivity contribution in [1.29, 1.82) is 0 Å². The third-order valence-electron chi connectivity index (χ3n) is 1.54. The summed E-state index contributed by atoms with van der Waals surface area (Å²) in [7, 11) is 0. The molecule has 0 heterocycles. The van der Waals surface area contributed by atoms with Crippen LogP contribution in [-0.2, 0) is 0 Å². The van der Waals surface area contributed by atoms with E-state index in [2.05, 4.69) is 0 Å². The molecule has 0 radical (unpaired) electrons. The van der Waals surface area contributed by atoms with E-state index in [4.69, 9.17) is 28.3 Å². The van der Waals surface area contributed by atoms with Crippen molar-refractivity contribution < 1.29 is 13.9 Å². The number of aliphatic hydroxyl groups excluding tert-OH is 1. The van der Waals surface area contributed by atoms with Crippen LogP contribution in [0.2, 0.25) is 10.0 Å². The van der Waals surface area contributed by atoms with Crippen LogP contribution < -0.4 is 0 Å². The van der Waals surface area contributed by atoms with E-state index < -0.39 is 12.5 Å². The molecule has 1 rings (SSSR count). The number of benzene rings is 1. The minimum absolute atomic E-state index is 0.0306. The Balaban J connectivity index is 3.07. The van der Waals surface area contributed by atoms with Crippen LogP contribution in [0.1, 0.15) is 11.7 Å². The summed E-state index contributed by atoms with van der Waals surface area (Å²) in [5, 5.41) is 9.13. The molecule has 13 heavy (non-hydrogen) atoms. The summed E-state index contributed by atoms with van der Waals surface area (Å²) in [6.07, 6.45) is -4.75. The molecule has 0 saturated heterocycles. The van der Waals surface area contributed by atoms with Gasteiger partial charge in [-0.1, -0.05) is 35.3 Å². The number of rotatable bonds is 2. The monoisotopic (exact) mass is 226 g/mol. The molecule has 0 amide bonds. The van der Waals surface area contributed by atoms with E-state index in [1.165, 1.54) is 18.2 Å². The molecule has 1 aromatic carbocycles. The maximum atomic E-state index is 12.1. The van der Waals surface area contributed by atoms with Crippen molar-refractivity contribution in [2.24, 2.45) is 0 Å². The molecule has 1 aromatic rings. The fourth-order valence-electron chi connectivity index (χ4n) is 0.885. The molecule has 5 heteroatoms. The van der Waals surface area contributed by atoms with Gasteiger partial charge < -0.3 is 5.11 Å². The quantitative estimate of drug-likeness (QED) is 0.821. The van der Waals surface area contributed by atoms with Gasteiger partial charge in [-0.15, -0.1) is 0 Å². The van der Waals surface area contributed by atoms with Crippen LogP contribution in [0, 0.1) is 0 Å².